The second kappa shape index (κ2) is 4.05. The number of rotatable bonds is 4. The number of hydrogen-bond donors (Lipinski definition) is 1. The second-order valence-corrected chi connectivity index (χ2v) is 5.28. The van der Waals surface area contributed by atoms with Gasteiger partial charge in [0.15, 0.2) is 0 Å². The smallest absolute Gasteiger partial charge is 0.225 e. The first kappa shape index (κ1) is 10.9. The molecule has 3 nitrogen and oxygen atoms in total. The average molecular weight is 197 g/mol. The molecule has 0 aliphatic heterocycles. The van der Waals surface area contributed by atoms with Crippen LogP contribution in [0.1, 0.15) is 13.3 Å². The molecule has 0 rings (SSSR count). The van der Waals surface area contributed by atoms with Crippen molar-refractivity contribution in [1.29, 1.82) is 0 Å². The van der Waals surface area contributed by atoms with E-state index in [4.69, 9.17) is 16.5 Å². The van der Waals surface area contributed by atoms with Gasteiger partial charge in [-0.3, -0.25) is 9.36 Å². The SMILES string of the molecule is C=CP(=O)(O)C(C)CC(=O)Cl. The van der Waals surface area contributed by atoms with E-state index in [0.29, 0.717) is 0 Å². The van der Waals surface area contributed by atoms with E-state index in [1.54, 1.807) is 0 Å². The third-order valence-corrected chi connectivity index (χ3v) is 3.47. The molecule has 0 amide bonds. The minimum Gasteiger partial charge on any atom is -0.341 e. The van der Waals surface area contributed by atoms with Crippen LogP contribution in [0.4, 0.5) is 0 Å². The van der Waals surface area contributed by atoms with Crippen LogP contribution in [0.5, 0.6) is 0 Å². The van der Waals surface area contributed by atoms with E-state index in [0.717, 1.165) is 5.82 Å². The fourth-order valence-electron chi connectivity index (χ4n) is 0.543. The van der Waals surface area contributed by atoms with E-state index in [9.17, 15) is 9.36 Å². The highest BCUT2D eigenvalue weighted by Gasteiger charge is 2.24. The fourth-order valence-corrected chi connectivity index (χ4v) is 1.67. The van der Waals surface area contributed by atoms with Gasteiger partial charge in [-0.2, -0.15) is 0 Å². The van der Waals surface area contributed by atoms with Crippen molar-refractivity contribution in [2.45, 2.75) is 19.0 Å². The lowest BCUT2D eigenvalue weighted by Crippen LogP contribution is -2.05. The first-order valence-electron chi connectivity index (χ1n) is 3.04. The molecule has 11 heavy (non-hydrogen) atoms. The summed E-state index contributed by atoms with van der Waals surface area (Å²) >= 11 is 5.03. The molecule has 0 bridgehead atoms. The van der Waals surface area contributed by atoms with E-state index in [-0.39, 0.29) is 6.42 Å². The van der Waals surface area contributed by atoms with Crippen LogP contribution in [0.2, 0.25) is 0 Å². The molecule has 1 N–H and O–H groups in total. The summed E-state index contributed by atoms with van der Waals surface area (Å²) in [5.41, 5.74) is -0.634. The number of halogens is 1. The third-order valence-electron chi connectivity index (χ3n) is 1.35. The Labute approximate surface area is 70.5 Å². The Hall–Kier alpha value is -0.110. The summed E-state index contributed by atoms with van der Waals surface area (Å²) in [4.78, 5) is 19.4. The van der Waals surface area contributed by atoms with Crippen molar-refractivity contribution in [1.82, 2.24) is 0 Å². The van der Waals surface area contributed by atoms with Gasteiger partial charge in [0.25, 0.3) is 0 Å². The Bertz CT molecular complexity index is 214. The Balaban J connectivity index is 4.24. The van der Waals surface area contributed by atoms with Gasteiger partial charge in [0, 0.05) is 12.1 Å². The largest absolute Gasteiger partial charge is 0.341 e. The normalized spacial score (nSPS) is 18.5. The van der Waals surface area contributed by atoms with Crippen LogP contribution in [0.15, 0.2) is 12.4 Å². The molecule has 0 aliphatic rings. The van der Waals surface area contributed by atoms with Gasteiger partial charge in [-0.1, -0.05) is 13.5 Å². The molecule has 0 aromatic carbocycles. The van der Waals surface area contributed by atoms with Crippen LogP contribution in [-0.2, 0) is 9.36 Å². The lowest BCUT2D eigenvalue weighted by atomic mass is 10.4. The lowest BCUT2D eigenvalue weighted by molar-refractivity contribution is -0.111. The first-order chi connectivity index (χ1) is 4.90. The van der Waals surface area contributed by atoms with Gasteiger partial charge in [-0.25, -0.2) is 0 Å². The van der Waals surface area contributed by atoms with Crippen LogP contribution in [-0.4, -0.2) is 15.8 Å². The molecular formula is C6H10ClO3P. The van der Waals surface area contributed by atoms with E-state index < -0.39 is 18.3 Å². The standard InChI is InChI=1S/C6H10ClO3P/c1-3-11(9,10)5(2)4-6(7)8/h3,5H,1,4H2,2H3,(H,9,10). The molecule has 64 valence electrons. The van der Waals surface area contributed by atoms with Crippen molar-refractivity contribution < 1.29 is 14.3 Å². The zero-order valence-corrected chi connectivity index (χ0v) is 7.81. The molecular weight excluding hydrogens is 186 g/mol. The summed E-state index contributed by atoms with van der Waals surface area (Å²) in [6.45, 7) is 4.68. The van der Waals surface area contributed by atoms with Crippen molar-refractivity contribution in [3.63, 3.8) is 0 Å². The van der Waals surface area contributed by atoms with Crippen LogP contribution in [0.25, 0.3) is 0 Å². The van der Waals surface area contributed by atoms with Gasteiger partial charge in [0.05, 0.1) is 0 Å². The molecule has 2 unspecified atom stereocenters. The molecule has 0 aliphatic carbocycles. The molecule has 0 heterocycles. The van der Waals surface area contributed by atoms with Crippen LogP contribution < -0.4 is 0 Å². The Kier molecular flexibility index (Phi) is 4.01. The molecule has 5 heteroatoms. The van der Waals surface area contributed by atoms with Gasteiger partial charge in [0.2, 0.25) is 12.6 Å². The third kappa shape index (κ3) is 3.71. The quantitative estimate of drug-likeness (QED) is 0.552. The number of hydrogen-bond acceptors (Lipinski definition) is 2. The monoisotopic (exact) mass is 196 g/mol. The van der Waals surface area contributed by atoms with Gasteiger partial charge < -0.3 is 4.89 Å². The first-order valence-corrected chi connectivity index (χ1v) is 5.22. The number of carbonyl (C=O) groups is 1. The second-order valence-electron chi connectivity index (χ2n) is 2.26. The van der Waals surface area contributed by atoms with Gasteiger partial charge >= 0.3 is 0 Å². The van der Waals surface area contributed by atoms with Crippen LogP contribution >= 0.6 is 19.0 Å². The van der Waals surface area contributed by atoms with Gasteiger partial charge in [-0.05, 0) is 17.4 Å². The maximum atomic E-state index is 11.0. The van der Waals surface area contributed by atoms with Crippen LogP contribution in [0, 0.1) is 0 Å². The predicted octanol–water partition coefficient (Wildman–Crippen LogP) is 1.94. The van der Waals surface area contributed by atoms with Crippen molar-refractivity contribution in [2.75, 3.05) is 0 Å². The molecule has 0 spiro atoms. The average Bonchev–Trinajstić information content (AvgIpc) is 1.86. The summed E-state index contributed by atoms with van der Waals surface area (Å²) in [6, 6.07) is 0. The summed E-state index contributed by atoms with van der Waals surface area (Å²) in [6.07, 6.45) is -0.0959. The highest BCUT2D eigenvalue weighted by Crippen LogP contribution is 2.48. The summed E-state index contributed by atoms with van der Waals surface area (Å²) in [5.74, 6) is 0.970. The molecule has 0 radical (unpaired) electrons. The van der Waals surface area contributed by atoms with Crippen LogP contribution in [0.3, 0.4) is 0 Å². The lowest BCUT2D eigenvalue weighted by Gasteiger charge is -2.12. The molecule has 0 aromatic rings. The maximum absolute atomic E-state index is 11.0. The minimum atomic E-state index is -3.36. The highest BCUT2D eigenvalue weighted by atomic mass is 35.5. The topological polar surface area (TPSA) is 54.4 Å². The van der Waals surface area contributed by atoms with Gasteiger partial charge in [0.1, 0.15) is 0 Å². The minimum absolute atomic E-state index is 0.0959. The Morgan fingerprint density at radius 1 is 1.91 bits per heavy atom. The summed E-state index contributed by atoms with van der Waals surface area (Å²) < 4.78 is 11.0. The predicted molar refractivity (Wildman–Crippen MR) is 45.0 cm³/mol. The van der Waals surface area contributed by atoms with Gasteiger partial charge in [-0.15, -0.1) is 0 Å². The van der Waals surface area contributed by atoms with Crippen molar-refractivity contribution in [2.24, 2.45) is 0 Å². The van der Waals surface area contributed by atoms with Crippen molar-refractivity contribution in [3.8, 4) is 0 Å². The summed E-state index contributed by atoms with van der Waals surface area (Å²) in [7, 11) is -3.36. The zero-order valence-electron chi connectivity index (χ0n) is 6.16. The maximum Gasteiger partial charge on any atom is 0.225 e. The molecule has 2 atom stereocenters. The zero-order chi connectivity index (χ0) is 9.07. The Morgan fingerprint density at radius 3 is 2.64 bits per heavy atom. The fraction of sp³-hybridized carbons (Fsp3) is 0.500. The number of carbonyl (C=O) groups excluding carboxylic acids is 1. The van der Waals surface area contributed by atoms with Crippen molar-refractivity contribution in [3.05, 3.63) is 12.4 Å². The molecule has 0 saturated heterocycles. The van der Waals surface area contributed by atoms with E-state index >= 15 is 0 Å². The Morgan fingerprint density at radius 2 is 2.36 bits per heavy atom. The molecule has 0 fully saturated rings. The van der Waals surface area contributed by atoms with E-state index in [1.807, 2.05) is 0 Å². The van der Waals surface area contributed by atoms with E-state index in [1.165, 1.54) is 6.92 Å². The highest BCUT2D eigenvalue weighted by molar-refractivity contribution is 7.62. The summed E-state index contributed by atoms with van der Waals surface area (Å²) in [5, 5.41) is -0.603. The van der Waals surface area contributed by atoms with E-state index in [2.05, 4.69) is 6.58 Å². The molecule has 0 aromatic heterocycles. The molecule has 0 saturated carbocycles. The van der Waals surface area contributed by atoms with Crippen molar-refractivity contribution >= 4 is 24.2 Å².